The summed E-state index contributed by atoms with van der Waals surface area (Å²) < 4.78 is 16.1. The predicted molar refractivity (Wildman–Crippen MR) is 167 cm³/mol. The Bertz CT molecular complexity index is 1580. The third-order valence-electron chi connectivity index (χ3n) is 7.65. The zero-order valence-electron chi connectivity index (χ0n) is 25.5. The molecule has 1 heterocycles. The Balaban J connectivity index is 1.31. The van der Waals surface area contributed by atoms with Crippen LogP contribution in [0.25, 0.3) is 22.5 Å². The molecule has 1 aliphatic carbocycles. The number of anilines is 1. The van der Waals surface area contributed by atoms with Gasteiger partial charge in [0.15, 0.2) is 0 Å². The lowest BCUT2D eigenvalue weighted by Gasteiger charge is -2.26. The summed E-state index contributed by atoms with van der Waals surface area (Å²) in [5.74, 6) is -0.355. The number of esters is 1. The van der Waals surface area contributed by atoms with Crippen molar-refractivity contribution in [1.82, 2.24) is 20.6 Å². The number of benzene rings is 3. The molecule has 1 atom stereocenters. The monoisotopic (exact) mass is 611 g/mol. The van der Waals surface area contributed by atoms with E-state index in [1.165, 1.54) is 6.92 Å². The fraction of sp³-hybridized carbons (Fsp3) is 0.353. The molecule has 0 aliphatic heterocycles. The van der Waals surface area contributed by atoms with Crippen LogP contribution in [0.4, 0.5) is 10.5 Å². The lowest BCUT2D eigenvalue weighted by atomic mass is 9.98. The van der Waals surface area contributed by atoms with Crippen LogP contribution >= 0.6 is 0 Å². The van der Waals surface area contributed by atoms with Gasteiger partial charge in [-0.3, -0.25) is 4.79 Å². The van der Waals surface area contributed by atoms with Crippen LogP contribution in [0.1, 0.15) is 74.7 Å². The molecule has 11 heteroatoms. The average molecular weight is 612 g/mol. The molecule has 11 nitrogen and oxygen atoms in total. The van der Waals surface area contributed by atoms with Gasteiger partial charge in [-0.05, 0) is 66.1 Å². The molecule has 0 spiro atoms. The maximum Gasteiger partial charge on any atom is 0.511 e. The van der Waals surface area contributed by atoms with Gasteiger partial charge in [0.1, 0.15) is 6.10 Å². The van der Waals surface area contributed by atoms with Crippen LogP contribution in [-0.4, -0.2) is 51.0 Å². The Hall–Kier alpha value is -5.06. The number of amides is 1. The van der Waals surface area contributed by atoms with Crippen LogP contribution in [-0.2, 0) is 25.5 Å². The van der Waals surface area contributed by atoms with Gasteiger partial charge in [-0.2, -0.15) is 5.21 Å². The number of hydrogen-bond acceptors (Lipinski definition) is 9. The van der Waals surface area contributed by atoms with Crippen molar-refractivity contribution in [3.63, 3.8) is 0 Å². The smallest absolute Gasteiger partial charge is 0.431 e. The maximum atomic E-state index is 13.4. The van der Waals surface area contributed by atoms with E-state index in [0.717, 1.165) is 54.4 Å². The summed E-state index contributed by atoms with van der Waals surface area (Å²) in [5.41, 5.74) is 4.19. The Morgan fingerprint density at radius 1 is 0.911 bits per heavy atom. The number of tetrazole rings is 1. The summed E-state index contributed by atoms with van der Waals surface area (Å²) in [6.07, 6.45) is 3.46. The number of carbonyl (C=O) groups is 3. The van der Waals surface area contributed by atoms with E-state index < -0.39 is 18.4 Å². The van der Waals surface area contributed by atoms with E-state index in [1.54, 1.807) is 29.2 Å². The van der Waals surface area contributed by atoms with Crippen LogP contribution in [0, 0.1) is 0 Å². The van der Waals surface area contributed by atoms with Crippen LogP contribution in [0.3, 0.4) is 0 Å². The van der Waals surface area contributed by atoms with Crippen molar-refractivity contribution in [2.75, 3.05) is 4.90 Å². The molecule has 45 heavy (non-hydrogen) atoms. The SMILES string of the molecule is CCCC(=O)N(Cc1ccc(-c2ccccc2-c2nn[nH]n2)cc1)c1ccccc1C(=O)OC(C)OC(=O)OC1CCCCC1. The van der Waals surface area contributed by atoms with E-state index in [9.17, 15) is 14.4 Å². The zero-order valence-corrected chi connectivity index (χ0v) is 25.5. The lowest BCUT2D eigenvalue weighted by Crippen LogP contribution is -2.32. The van der Waals surface area contributed by atoms with Crippen LogP contribution in [0.15, 0.2) is 72.8 Å². The van der Waals surface area contributed by atoms with Crippen molar-refractivity contribution < 1.29 is 28.6 Å². The van der Waals surface area contributed by atoms with E-state index in [0.29, 0.717) is 24.4 Å². The number of carbonyl (C=O) groups excluding carboxylic acids is 3. The Kier molecular flexibility index (Phi) is 10.5. The lowest BCUT2D eigenvalue weighted by molar-refractivity contribution is -0.118. The molecule has 1 aliphatic rings. The fourth-order valence-electron chi connectivity index (χ4n) is 5.44. The van der Waals surface area contributed by atoms with Gasteiger partial charge in [0.05, 0.1) is 17.8 Å². The normalized spacial score (nSPS) is 13.9. The molecule has 4 aromatic rings. The second-order valence-electron chi connectivity index (χ2n) is 10.9. The van der Waals surface area contributed by atoms with Gasteiger partial charge < -0.3 is 19.1 Å². The zero-order chi connectivity index (χ0) is 31.6. The van der Waals surface area contributed by atoms with Gasteiger partial charge >= 0.3 is 12.1 Å². The Labute approximate surface area is 261 Å². The molecule has 234 valence electrons. The Morgan fingerprint density at radius 2 is 1.62 bits per heavy atom. The number of hydrogen-bond donors (Lipinski definition) is 1. The summed E-state index contributed by atoms with van der Waals surface area (Å²) in [6.45, 7) is 3.62. The fourth-order valence-corrected chi connectivity index (χ4v) is 5.44. The highest BCUT2D eigenvalue weighted by Crippen LogP contribution is 2.31. The highest BCUT2D eigenvalue weighted by molar-refractivity contribution is 6.02. The van der Waals surface area contributed by atoms with E-state index >= 15 is 0 Å². The van der Waals surface area contributed by atoms with Crippen molar-refractivity contribution in [3.8, 4) is 22.5 Å². The number of nitrogens with zero attached hydrogens (tertiary/aromatic N) is 4. The molecule has 1 amide bonds. The van der Waals surface area contributed by atoms with E-state index in [-0.39, 0.29) is 24.1 Å². The highest BCUT2D eigenvalue weighted by atomic mass is 16.8. The van der Waals surface area contributed by atoms with Gasteiger partial charge in [-0.15, -0.1) is 10.2 Å². The van der Waals surface area contributed by atoms with Crippen molar-refractivity contribution in [3.05, 3.63) is 83.9 Å². The Morgan fingerprint density at radius 3 is 2.33 bits per heavy atom. The molecule has 1 aromatic heterocycles. The molecule has 3 aromatic carbocycles. The molecule has 0 bridgehead atoms. The summed E-state index contributed by atoms with van der Waals surface area (Å²) in [5, 5.41) is 14.4. The van der Waals surface area contributed by atoms with Crippen molar-refractivity contribution in [2.45, 2.75) is 77.7 Å². The summed E-state index contributed by atoms with van der Waals surface area (Å²) >= 11 is 0. The van der Waals surface area contributed by atoms with Crippen LogP contribution in [0.5, 0.6) is 0 Å². The molecular weight excluding hydrogens is 574 g/mol. The van der Waals surface area contributed by atoms with Crippen LogP contribution in [0.2, 0.25) is 0 Å². The predicted octanol–water partition coefficient (Wildman–Crippen LogP) is 6.86. The quantitative estimate of drug-likeness (QED) is 0.142. The first-order valence-electron chi connectivity index (χ1n) is 15.3. The molecule has 1 fully saturated rings. The topological polar surface area (TPSA) is 137 Å². The van der Waals surface area contributed by atoms with Crippen molar-refractivity contribution >= 4 is 23.7 Å². The van der Waals surface area contributed by atoms with Gasteiger partial charge in [-0.1, -0.05) is 74.0 Å². The van der Waals surface area contributed by atoms with E-state index in [2.05, 4.69) is 20.6 Å². The number of rotatable bonds is 11. The number of aromatic amines is 1. The molecule has 5 rings (SSSR count). The van der Waals surface area contributed by atoms with Gasteiger partial charge in [0, 0.05) is 18.9 Å². The summed E-state index contributed by atoms with van der Waals surface area (Å²) in [4.78, 5) is 40.6. The standard InChI is InChI=1S/C34H37N5O6/c1-3-11-31(40)39(22-24-18-20-25(21-19-24)27-14-7-8-15-28(27)32-35-37-38-36-32)30-17-10-9-16-29(30)33(41)43-23(2)44-34(42)45-26-12-5-4-6-13-26/h7-10,14-21,23,26H,3-6,11-13,22H2,1-2H3,(H,35,36,37,38). The van der Waals surface area contributed by atoms with E-state index in [4.69, 9.17) is 14.2 Å². The second kappa shape index (κ2) is 15.1. The first-order chi connectivity index (χ1) is 21.9. The molecule has 0 radical (unpaired) electrons. The minimum absolute atomic E-state index is 0.135. The summed E-state index contributed by atoms with van der Waals surface area (Å²) in [7, 11) is 0. The third-order valence-corrected chi connectivity index (χ3v) is 7.65. The van der Waals surface area contributed by atoms with Crippen molar-refractivity contribution in [1.29, 1.82) is 0 Å². The summed E-state index contributed by atoms with van der Waals surface area (Å²) in [6, 6.07) is 22.4. The largest absolute Gasteiger partial charge is 0.511 e. The highest BCUT2D eigenvalue weighted by Gasteiger charge is 2.26. The first kappa shape index (κ1) is 31.4. The van der Waals surface area contributed by atoms with Gasteiger partial charge in [0.25, 0.3) is 0 Å². The third kappa shape index (κ3) is 8.11. The minimum Gasteiger partial charge on any atom is -0.431 e. The average Bonchev–Trinajstić information content (AvgIpc) is 3.59. The van der Waals surface area contributed by atoms with Crippen molar-refractivity contribution in [2.24, 2.45) is 0 Å². The number of ether oxygens (including phenoxy) is 3. The van der Waals surface area contributed by atoms with Crippen LogP contribution < -0.4 is 4.90 Å². The number of aromatic nitrogens is 4. The molecule has 1 unspecified atom stereocenters. The first-order valence-corrected chi connectivity index (χ1v) is 15.3. The number of H-pyrrole nitrogens is 1. The minimum atomic E-state index is -1.18. The maximum absolute atomic E-state index is 13.4. The van der Waals surface area contributed by atoms with E-state index in [1.807, 2.05) is 55.5 Å². The molecule has 1 N–H and O–H groups in total. The second-order valence-corrected chi connectivity index (χ2v) is 10.9. The number of nitrogens with one attached hydrogen (secondary N) is 1. The molecular formula is C34H37N5O6. The molecule has 0 saturated heterocycles. The van der Waals surface area contributed by atoms with Gasteiger partial charge in [-0.25, -0.2) is 9.59 Å². The number of para-hydroxylation sites is 1. The van der Waals surface area contributed by atoms with Gasteiger partial charge in [0.2, 0.25) is 18.0 Å². The molecule has 1 saturated carbocycles.